The minimum atomic E-state index is -1.14. The number of carbonyl (C=O) groups excluding carboxylic acids is 1. The predicted octanol–water partition coefficient (Wildman–Crippen LogP) is 6.25. The molecule has 5 atom stereocenters. The minimum Gasteiger partial charge on any atom is -0.429 e. The molecule has 1 fully saturated rings. The molecule has 4 aromatic rings. The van der Waals surface area contributed by atoms with Gasteiger partial charge in [-0.3, -0.25) is 10.1 Å². The Kier molecular flexibility index (Phi) is 10.2. The molecule has 0 radical (unpaired) electrons. The highest BCUT2D eigenvalue weighted by Gasteiger charge is 2.48. The quantitative estimate of drug-likeness (QED) is 0.109. The van der Waals surface area contributed by atoms with Crippen molar-refractivity contribution in [2.75, 3.05) is 0 Å². The van der Waals surface area contributed by atoms with Crippen molar-refractivity contribution in [3.8, 4) is 0 Å². The number of carbonyl (C=O) groups is 1. The zero-order valence-corrected chi connectivity index (χ0v) is 23.7. The molecule has 0 bridgehead atoms. The van der Waals surface area contributed by atoms with Crippen LogP contribution in [-0.4, -0.2) is 41.6 Å². The first kappa shape index (κ1) is 30.1. The summed E-state index contributed by atoms with van der Waals surface area (Å²) < 4.78 is 31.4. The largest absolute Gasteiger partial charge is 0.429 e. The summed E-state index contributed by atoms with van der Waals surface area (Å²) in [5.41, 5.74) is 2.89. The van der Waals surface area contributed by atoms with Crippen LogP contribution in [0, 0.1) is 10.1 Å². The molecule has 4 aromatic carbocycles. The van der Waals surface area contributed by atoms with Crippen LogP contribution in [0.4, 0.5) is 5.69 Å². The summed E-state index contributed by atoms with van der Waals surface area (Å²) in [7, 11) is 0. The van der Waals surface area contributed by atoms with E-state index in [1.807, 2.05) is 97.9 Å². The molecule has 9 nitrogen and oxygen atoms in total. The smallest absolute Gasteiger partial charge is 0.340 e. The molecular weight excluding hydrogens is 550 g/mol. The van der Waals surface area contributed by atoms with Crippen LogP contribution in [0.3, 0.4) is 0 Å². The summed E-state index contributed by atoms with van der Waals surface area (Å²) in [6, 6.07) is 34.4. The standard InChI is InChI=1S/C34H33NO8/c1-24-30(39-21-25-11-5-2-6-12-25)31(40-22-26-13-7-3-8-14-26)32(41-23-27-15-9-4-10-16-27)34(42-24)43-33(36)28-17-19-29(20-18-28)35(37)38/h2-20,24,30-32,34H,21-23H2,1H3/t24-,30+,31+,32-,34?/m1/s1. The van der Waals surface area contributed by atoms with Crippen LogP contribution in [0.2, 0.25) is 0 Å². The molecule has 0 N–H and O–H groups in total. The summed E-state index contributed by atoms with van der Waals surface area (Å²) in [4.78, 5) is 23.7. The van der Waals surface area contributed by atoms with Gasteiger partial charge in [-0.1, -0.05) is 91.0 Å². The number of rotatable bonds is 12. The van der Waals surface area contributed by atoms with E-state index in [2.05, 4.69) is 0 Å². The zero-order chi connectivity index (χ0) is 30.0. The highest BCUT2D eigenvalue weighted by atomic mass is 16.7. The van der Waals surface area contributed by atoms with Gasteiger partial charge in [0.25, 0.3) is 5.69 Å². The van der Waals surface area contributed by atoms with Crippen LogP contribution in [0.25, 0.3) is 0 Å². The van der Waals surface area contributed by atoms with Gasteiger partial charge in [-0.05, 0) is 35.7 Å². The summed E-state index contributed by atoms with van der Waals surface area (Å²) in [6.07, 6.45) is -3.76. The van der Waals surface area contributed by atoms with Crippen molar-refractivity contribution in [3.05, 3.63) is 148 Å². The second kappa shape index (κ2) is 14.7. The van der Waals surface area contributed by atoms with Gasteiger partial charge in [0.15, 0.2) is 0 Å². The van der Waals surface area contributed by atoms with E-state index in [1.165, 1.54) is 24.3 Å². The summed E-state index contributed by atoms with van der Waals surface area (Å²) in [5, 5.41) is 11.1. The number of nitro groups is 1. The van der Waals surface area contributed by atoms with Gasteiger partial charge < -0.3 is 23.7 Å². The van der Waals surface area contributed by atoms with Crippen LogP contribution >= 0.6 is 0 Å². The topological polar surface area (TPSA) is 106 Å². The monoisotopic (exact) mass is 583 g/mol. The first-order valence-electron chi connectivity index (χ1n) is 14.1. The van der Waals surface area contributed by atoms with Gasteiger partial charge in [-0.15, -0.1) is 0 Å². The predicted molar refractivity (Wildman–Crippen MR) is 158 cm³/mol. The summed E-state index contributed by atoms with van der Waals surface area (Å²) in [6.45, 7) is 2.65. The Labute approximate surface area is 250 Å². The molecule has 0 spiro atoms. The van der Waals surface area contributed by atoms with Gasteiger partial charge in [0.2, 0.25) is 6.29 Å². The van der Waals surface area contributed by atoms with Crippen LogP contribution in [0.15, 0.2) is 115 Å². The van der Waals surface area contributed by atoms with E-state index in [4.69, 9.17) is 23.7 Å². The average molecular weight is 584 g/mol. The van der Waals surface area contributed by atoms with Crippen molar-refractivity contribution in [3.63, 3.8) is 0 Å². The third-order valence-corrected chi connectivity index (χ3v) is 7.12. The number of nitrogens with zero attached hydrogens (tertiary/aromatic N) is 1. The molecule has 0 amide bonds. The molecule has 43 heavy (non-hydrogen) atoms. The van der Waals surface area contributed by atoms with Crippen molar-refractivity contribution in [2.45, 2.75) is 57.5 Å². The first-order chi connectivity index (χ1) is 21.0. The molecule has 1 aliphatic rings. The number of benzene rings is 4. The van der Waals surface area contributed by atoms with E-state index >= 15 is 0 Å². The molecule has 1 saturated heterocycles. The molecule has 222 valence electrons. The van der Waals surface area contributed by atoms with Gasteiger partial charge in [0.1, 0.15) is 18.3 Å². The Morgan fingerprint density at radius 2 is 1.12 bits per heavy atom. The molecule has 0 aromatic heterocycles. The van der Waals surface area contributed by atoms with Crippen LogP contribution in [-0.2, 0) is 43.5 Å². The molecule has 1 heterocycles. The Hall–Kier alpha value is -4.41. The Balaban J connectivity index is 1.41. The maximum atomic E-state index is 13.2. The van der Waals surface area contributed by atoms with Crippen LogP contribution < -0.4 is 0 Å². The van der Waals surface area contributed by atoms with Gasteiger partial charge in [-0.25, -0.2) is 4.79 Å². The lowest BCUT2D eigenvalue weighted by atomic mass is 9.98. The highest BCUT2D eigenvalue weighted by molar-refractivity contribution is 5.89. The summed E-state index contributed by atoms with van der Waals surface area (Å²) >= 11 is 0. The summed E-state index contributed by atoms with van der Waals surface area (Å²) in [5.74, 6) is -0.703. The van der Waals surface area contributed by atoms with Crippen molar-refractivity contribution in [1.82, 2.24) is 0 Å². The molecule has 0 aliphatic carbocycles. The fraction of sp³-hybridized carbons (Fsp3) is 0.265. The van der Waals surface area contributed by atoms with E-state index in [0.717, 1.165) is 16.7 Å². The molecule has 5 rings (SSSR count). The molecule has 1 aliphatic heterocycles. The lowest BCUT2D eigenvalue weighted by Gasteiger charge is -2.44. The number of ether oxygens (including phenoxy) is 5. The van der Waals surface area contributed by atoms with Gasteiger partial charge in [0, 0.05) is 12.1 Å². The van der Waals surface area contributed by atoms with Crippen molar-refractivity contribution < 1.29 is 33.4 Å². The van der Waals surface area contributed by atoms with Gasteiger partial charge in [0.05, 0.1) is 36.4 Å². The first-order valence-corrected chi connectivity index (χ1v) is 14.1. The van der Waals surface area contributed by atoms with Gasteiger partial charge >= 0.3 is 5.97 Å². The van der Waals surface area contributed by atoms with E-state index in [1.54, 1.807) is 0 Å². The lowest BCUT2D eigenvalue weighted by molar-refractivity contribution is -0.384. The Morgan fingerprint density at radius 1 is 0.674 bits per heavy atom. The van der Waals surface area contributed by atoms with Crippen LogP contribution in [0.1, 0.15) is 34.0 Å². The molecule has 1 unspecified atom stereocenters. The maximum Gasteiger partial charge on any atom is 0.340 e. The molecule has 0 saturated carbocycles. The number of non-ortho nitro benzene ring substituents is 1. The fourth-order valence-corrected chi connectivity index (χ4v) is 4.86. The van der Waals surface area contributed by atoms with E-state index in [9.17, 15) is 14.9 Å². The SMILES string of the molecule is C[C@H]1OC(OC(=O)c2ccc([N+](=O)[O-])cc2)[C@H](OCc2ccccc2)[C@@H](OCc2ccccc2)[C@H]1OCc1ccccc1. The average Bonchev–Trinajstić information content (AvgIpc) is 3.04. The number of esters is 1. The van der Waals surface area contributed by atoms with Crippen LogP contribution in [0.5, 0.6) is 0 Å². The van der Waals surface area contributed by atoms with E-state index in [-0.39, 0.29) is 24.5 Å². The van der Waals surface area contributed by atoms with E-state index in [0.29, 0.717) is 6.61 Å². The van der Waals surface area contributed by atoms with Crippen molar-refractivity contribution in [2.24, 2.45) is 0 Å². The third kappa shape index (κ3) is 8.12. The number of nitro benzene ring substituents is 1. The lowest BCUT2D eigenvalue weighted by Crippen LogP contribution is -2.60. The third-order valence-electron chi connectivity index (χ3n) is 7.12. The second-order valence-electron chi connectivity index (χ2n) is 10.2. The highest BCUT2D eigenvalue weighted by Crippen LogP contribution is 2.31. The Bertz CT molecular complexity index is 1450. The Morgan fingerprint density at radius 3 is 1.58 bits per heavy atom. The van der Waals surface area contributed by atoms with E-state index < -0.39 is 41.6 Å². The normalized spacial score (nSPS) is 21.7. The molecule has 9 heteroatoms. The van der Waals surface area contributed by atoms with Gasteiger partial charge in [-0.2, -0.15) is 0 Å². The fourth-order valence-electron chi connectivity index (χ4n) is 4.86. The number of hydrogen-bond acceptors (Lipinski definition) is 8. The number of hydrogen-bond donors (Lipinski definition) is 0. The van der Waals surface area contributed by atoms with Crippen molar-refractivity contribution in [1.29, 1.82) is 0 Å². The second-order valence-corrected chi connectivity index (χ2v) is 10.2. The maximum absolute atomic E-state index is 13.2. The zero-order valence-electron chi connectivity index (χ0n) is 23.7. The minimum absolute atomic E-state index is 0.129. The van der Waals surface area contributed by atoms with Crippen molar-refractivity contribution >= 4 is 11.7 Å². The molecular formula is C34H33NO8.